The molecule has 0 amide bonds. The van der Waals surface area contributed by atoms with Gasteiger partial charge in [0.2, 0.25) is 0 Å². The molecule has 0 aliphatic heterocycles. The van der Waals surface area contributed by atoms with Crippen LogP contribution in [0.3, 0.4) is 0 Å². The molecular formula is C13H13F3. The molecule has 1 unspecified atom stereocenters. The van der Waals surface area contributed by atoms with Gasteiger partial charge in [0.15, 0.2) is 0 Å². The van der Waals surface area contributed by atoms with Gasteiger partial charge in [-0.3, -0.25) is 0 Å². The Hall–Kier alpha value is -1.51. The van der Waals surface area contributed by atoms with Gasteiger partial charge in [-0.2, -0.15) is 13.2 Å². The summed E-state index contributed by atoms with van der Waals surface area (Å²) in [5, 5.41) is 0. The molecule has 1 rings (SSSR count). The fourth-order valence-corrected chi connectivity index (χ4v) is 1.59. The smallest absolute Gasteiger partial charge is 0.166 e. The maximum Gasteiger partial charge on any atom is 0.417 e. The average molecular weight is 226 g/mol. The van der Waals surface area contributed by atoms with E-state index in [9.17, 15) is 13.2 Å². The van der Waals surface area contributed by atoms with Crippen molar-refractivity contribution < 1.29 is 13.2 Å². The maximum absolute atomic E-state index is 12.9. The van der Waals surface area contributed by atoms with E-state index in [1.807, 2.05) is 0 Å². The van der Waals surface area contributed by atoms with Crippen molar-refractivity contribution in [1.82, 2.24) is 0 Å². The highest BCUT2D eigenvalue weighted by molar-refractivity contribution is 5.56. The van der Waals surface area contributed by atoms with Gasteiger partial charge in [0.25, 0.3) is 0 Å². The lowest BCUT2D eigenvalue weighted by Crippen LogP contribution is -2.12. The van der Waals surface area contributed by atoms with Crippen LogP contribution in [0.2, 0.25) is 0 Å². The van der Waals surface area contributed by atoms with Gasteiger partial charge in [-0.1, -0.05) is 43.9 Å². The van der Waals surface area contributed by atoms with E-state index in [1.54, 1.807) is 13.0 Å². The molecular weight excluding hydrogens is 213 g/mol. The first-order valence-electron chi connectivity index (χ1n) is 4.87. The largest absolute Gasteiger partial charge is 0.417 e. The first kappa shape index (κ1) is 12.6. The third-order valence-corrected chi connectivity index (χ3v) is 2.48. The zero-order valence-electron chi connectivity index (χ0n) is 9.01. The Morgan fingerprint density at radius 2 is 1.88 bits per heavy atom. The van der Waals surface area contributed by atoms with Gasteiger partial charge in [0.05, 0.1) is 5.56 Å². The van der Waals surface area contributed by atoms with Crippen molar-refractivity contribution >= 4 is 6.08 Å². The Labute approximate surface area is 93.1 Å². The Morgan fingerprint density at radius 3 is 2.31 bits per heavy atom. The lowest BCUT2D eigenvalue weighted by molar-refractivity contribution is -0.138. The molecule has 0 radical (unpaired) electrons. The van der Waals surface area contributed by atoms with Crippen LogP contribution in [0.15, 0.2) is 37.4 Å². The van der Waals surface area contributed by atoms with Crippen LogP contribution in [-0.2, 0) is 6.18 Å². The van der Waals surface area contributed by atoms with E-state index < -0.39 is 11.7 Å². The van der Waals surface area contributed by atoms with Gasteiger partial charge in [-0.05, 0) is 17.0 Å². The minimum atomic E-state index is -4.36. The van der Waals surface area contributed by atoms with E-state index in [0.29, 0.717) is 0 Å². The Bertz CT molecular complexity index is 402. The number of hydrogen-bond acceptors (Lipinski definition) is 0. The third-order valence-electron chi connectivity index (χ3n) is 2.48. The topological polar surface area (TPSA) is 0 Å². The molecule has 86 valence electrons. The van der Waals surface area contributed by atoms with Gasteiger partial charge in [0, 0.05) is 0 Å². The van der Waals surface area contributed by atoms with Crippen molar-refractivity contribution in [3.63, 3.8) is 0 Å². The minimum absolute atomic E-state index is 0.110. The van der Waals surface area contributed by atoms with Crippen molar-refractivity contribution in [3.05, 3.63) is 54.1 Å². The highest BCUT2D eigenvalue weighted by atomic mass is 19.4. The van der Waals surface area contributed by atoms with E-state index in [-0.39, 0.29) is 17.0 Å². The van der Waals surface area contributed by atoms with Gasteiger partial charge < -0.3 is 0 Å². The molecule has 0 heterocycles. The molecule has 1 aromatic rings. The molecule has 0 aromatic heterocycles. The highest BCUT2D eigenvalue weighted by Crippen LogP contribution is 2.38. The van der Waals surface area contributed by atoms with Crippen molar-refractivity contribution in [2.75, 3.05) is 0 Å². The second-order valence-corrected chi connectivity index (χ2v) is 3.54. The number of hydrogen-bond donors (Lipinski definition) is 0. The second-order valence-electron chi connectivity index (χ2n) is 3.54. The first-order chi connectivity index (χ1) is 7.41. The van der Waals surface area contributed by atoms with Gasteiger partial charge in [-0.15, -0.1) is 6.58 Å². The van der Waals surface area contributed by atoms with Crippen molar-refractivity contribution in [1.29, 1.82) is 0 Å². The molecule has 0 fully saturated rings. The molecule has 0 bridgehead atoms. The van der Waals surface area contributed by atoms with Crippen LogP contribution in [-0.4, -0.2) is 0 Å². The van der Waals surface area contributed by atoms with Crippen LogP contribution >= 0.6 is 0 Å². The van der Waals surface area contributed by atoms with E-state index in [2.05, 4.69) is 13.2 Å². The van der Waals surface area contributed by atoms with Crippen LogP contribution in [0.25, 0.3) is 6.08 Å². The third kappa shape index (κ3) is 2.35. The number of allylic oxidation sites excluding steroid dienone is 1. The fourth-order valence-electron chi connectivity index (χ4n) is 1.59. The Kier molecular flexibility index (Phi) is 3.58. The average Bonchev–Trinajstić information content (AvgIpc) is 2.25. The van der Waals surface area contributed by atoms with Crippen molar-refractivity contribution in [3.8, 4) is 0 Å². The molecule has 1 aromatic carbocycles. The lowest BCUT2D eigenvalue weighted by atomic mass is 9.92. The fraction of sp³-hybridized carbons (Fsp3) is 0.231. The SMILES string of the molecule is C=Cc1cccc(C(C)C=C)c1C(F)(F)F. The summed E-state index contributed by atoms with van der Waals surface area (Å²) in [6.07, 6.45) is -1.64. The monoisotopic (exact) mass is 226 g/mol. The molecule has 0 spiro atoms. The van der Waals surface area contributed by atoms with Crippen LogP contribution in [0, 0.1) is 0 Å². The van der Waals surface area contributed by atoms with E-state index >= 15 is 0 Å². The summed E-state index contributed by atoms with van der Waals surface area (Å²) in [6.45, 7) is 8.61. The normalized spacial score (nSPS) is 13.2. The summed E-state index contributed by atoms with van der Waals surface area (Å²) >= 11 is 0. The predicted molar refractivity (Wildman–Crippen MR) is 60.1 cm³/mol. The maximum atomic E-state index is 12.9. The molecule has 16 heavy (non-hydrogen) atoms. The van der Waals surface area contributed by atoms with Crippen LogP contribution in [0.4, 0.5) is 13.2 Å². The molecule has 1 atom stereocenters. The standard InChI is InChI=1S/C13H13F3/c1-4-9(3)11-8-6-7-10(5-2)12(11)13(14,15)16/h4-9H,1-2H2,3H3. The Morgan fingerprint density at radius 1 is 1.25 bits per heavy atom. The summed E-state index contributed by atoms with van der Waals surface area (Å²) in [5.41, 5.74) is -0.268. The summed E-state index contributed by atoms with van der Waals surface area (Å²) in [4.78, 5) is 0. The molecule has 0 aliphatic carbocycles. The summed E-state index contributed by atoms with van der Waals surface area (Å²) in [5.74, 6) is -0.337. The van der Waals surface area contributed by atoms with Gasteiger partial charge in [0.1, 0.15) is 0 Å². The molecule has 3 heteroatoms. The first-order valence-corrected chi connectivity index (χ1v) is 4.87. The van der Waals surface area contributed by atoms with Gasteiger partial charge in [-0.25, -0.2) is 0 Å². The number of benzene rings is 1. The van der Waals surface area contributed by atoms with E-state index in [4.69, 9.17) is 0 Å². The minimum Gasteiger partial charge on any atom is -0.166 e. The van der Waals surface area contributed by atoms with Gasteiger partial charge >= 0.3 is 6.18 Å². The zero-order valence-corrected chi connectivity index (χ0v) is 9.01. The predicted octanol–water partition coefficient (Wildman–Crippen LogP) is 4.64. The zero-order chi connectivity index (χ0) is 12.3. The number of alkyl halides is 3. The molecule has 0 N–H and O–H groups in total. The van der Waals surface area contributed by atoms with Crippen molar-refractivity contribution in [2.45, 2.75) is 19.0 Å². The molecule has 0 nitrogen and oxygen atoms in total. The number of halogens is 3. The summed E-state index contributed by atoms with van der Waals surface area (Å²) in [7, 11) is 0. The Balaban J connectivity index is 3.49. The van der Waals surface area contributed by atoms with E-state index in [1.165, 1.54) is 24.3 Å². The molecule has 0 saturated carbocycles. The molecule has 0 aliphatic rings. The number of rotatable bonds is 3. The van der Waals surface area contributed by atoms with E-state index in [0.717, 1.165) is 0 Å². The second kappa shape index (κ2) is 4.56. The van der Waals surface area contributed by atoms with Crippen molar-refractivity contribution in [2.24, 2.45) is 0 Å². The summed E-state index contributed by atoms with van der Waals surface area (Å²) in [6, 6.07) is 4.49. The highest BCUT2D eigenvalue weighted by Gasteiger charge is 2.35. The molecule has 0 saturated heterocycles. The lowest BCUT2D eigenvalue weighted by Gasteiger charge is -2.18. The quantitative estimate of drug-likeness (QED) is 0.659. The van der Waals surface area contributed by atoms with Crippen LogP contribution in [0.5, 0.6) is 0 Å². The van der Waals surface area contributed by atoms with Crippen LogP contribution in [0.1, 0.15) is 29.5 Å². The van der Waals surface area contributed by atoms with Crippen LogP contribution < -0.4 is 0 Å². The summed E-state index contributed by atoms with van der Waals surface area (Å²) < 4.78 is 38.7.